The van der Waals surface area contributed by atoms with Crippen LogP contribution in [0.2, 0.25) is 0 Å². The van der Waals surface area contributed by atoms with E-state index in [9.17, 15) is 23.3 Å². The quantitative estimate of drug-likeness (QED) is 0.152. The second-order valence-electron chi connectivity index (χ2n) is 9.58. The van der Waals surface area contributed by atoms with E-state index in [0.29, 0.717) is 36.8 Å². The van der Waals surface area contributed by atoms with Gasteiger partial charge in [-0.15, -0.1) is 0 Å². The molecule has 0 radical (unpaired) electrons. The van der Waals surface area contributed by atoms with Crippen LogP contribution in [-0.4, -0.2) is 54.6 Å². The third kappa shape index (κ3) is 6.15. The number of nitro benzene ring substituents is 1. The minimum absolute atomic E-state index is 0.140. The van der Waals surface area contributed by atoms with Crippen molar-refractivity contribution < 1.29 is 22.8 Å². The number of hydrogen-bond acceptors (Lipinski definition) is 8. The normalized spacial score (nSPS) is 14.2. The van der Waals surface area contributed by atoms with Crippen molar-refractivity contribution in [3.05, 3.63) is 105 Å². The highest BCUT2D eigenvalue weighted by Gasteiger charge is 2.39. The average molecular weight is 579 g/mol. The molecule has 0 spiro atoms. The van der Waals surface area contributed by atoms with Gasteiger partial charge < -0.3 is 19.4 Å². The third-order valence-corrected chi connectivity index (χ3v) is 8.77. The van der Waals surface area contributed by atoms with Crippen LogP contribution in [0.1, 0.15) is 12.5 Å². The van der Waals surface area contributed by atoms with Crippen molar-refractivity contribution in [2.45, 2.75) is 31.0 Å². The molecule has 1 N–H and O–H groups in total. The number of aromatic nitrogens is 1. The summed E-state index contributed by atoms with van der Waals surface area (Å²) in [5.74, 6) is 1.29. The Kier molecular flexibility index (Phi) is 8.45. The molecule has 0 amide bonds. The fraction of sp³-hybridized carbons (Fsp3) is 0.276. The lowest BCUT2D eigenvalue weighted by molar-refractivity contribution is -0.387. The number of fused-ring (bicyclic) bond motifs is 1. The average Bonchev–Trinajstić information content (AvgIpc) is 2.94. The molecule has 11 nitrogen and oxygen atoms in total. The summed E-state index contributed by atoms with van der Waals surface area (Å²) >= 11 is 0. The molecule has 3 aromatic carbocycles. The number of ether oxygens (including phenoxy) is 2. The number of rotatable bonds is 12. The molecule has 12 heteroatoms. The monoisotopic (exact) mass is 578 g/mol. The molecule has 1 aliphatic rings. The van der Waals surface area contributed by atoms with Gasteiger partial charge in [0.25, 0.3) is 11.2 Å². The molecule has 2 heterocycles. The SMILES string of the molecule is CCOCCn1c(=O)c(CNC2CN(S(=O)(=O)c3ccccc3[N+](=O)[O-])C2)cc2ccc(Oc3ccccc3)cc21. The summed E-state index contributed by atoms with van der Waals surface area (Å²) < 4.78 is 40.4. The van der Waals surface area contributed by atoms with E-state index >= 15 is 0 Å². The van der Waals surface area contributed by atoms with E-state index in [4.69, 9.17) is 9.47 Å². The Hall–Kier alpha value is -4.10. The van der Waals surface area contributed by atoms with Crippen LogP contribution in [0.25, 0.3) is 10.9 Å². The summed E-state index contributed by atoms with van der Waals surface area (Å²) in [4.78, 5) is 23.8. The summed E-state index contributed by atoms with van der Waals surface area (Å²) in [6.45, 7) is 3.66. The summed E-state index contributed by atoms with van der Waals surface area (Å²) in [5, 5.41) is 15.4. The van der Waals surface area contributed by atoms with Gasteiger partial charge in [0.05, 0.1) is 17.0 Å². The van der Waals surface area contributed by atoms with E-state index in [-0.39, 0.29) is 36.1 Å². The largest absolute Gasteiger partial charge is 0.457 e. The Morgan fingerprint density at radius 1 is 1.00 bits per heavy atom. The van der Waals surface area contributed by atoms with Crippen LogP contribution in [0.3, 0.4) is 0 Å². The molecule has 41 heavy (non-hydrogen) atoms. The smallest absolute Gasteiger partial charge is 0.289 e. The van der Waals surface area contributed by atoms with E-state index in [0.717, 1.165) is 10.9 Å². The van der Waals surface area contributed by atoms with Crippen LogP contribution < -0.4 is 15.6 Å². The Morgan fingerprint density at radius 3 is 2.46 bits per heavy atom. The van der Waals surface area contributed by atoms with E-state index in [1.54, 1.807) is 4.57 Å². The van der Waals surface area contributed by atoms with Crippen molar-refractivity contribution in [3.63, 3.8) is 0 Å². The molecular weight excluding hydrogens is 548 g/mol. The first kappa shape index (κ1) is 28.4. The maximum atomic E-state index is 13.5. The minimum Gasteiger partial charge on any atom is -0.457 e. The zero-order valence-electron chi connectivity index (χ0n) is 22.4. The lowest BCUT2D eigenvalue weighted by atomic mass is 10.1. The molecule has 5 rings (SSSR count). The van der Waals surface area contributed by atoms with Gasteiger partial charge in [0.15, 0.2) is 4.90 Å². The lowest BCUT2D eigenvalue weighted by Crippen LogP contribution is -2.59. The zero-order valence-corrected chi connectivity index (χ0v) is 23.2. The molecule has 1 saturated heterocycles. The van der Waals surface area contributed by atoms with E-state index in [1.165, 1.54) is 28.6 Å². The molecule has 0 saturated carbocycles. The first-order valence-corrected chi connectivity index (χ1v) is 14.7. The van der Waals surface area contributed by atoms with Crippen LogP contribution in [-0.2, 0) is 27.8 Å². The Bertz CT molecular complexity index is 1720. The van der Waals surface area contributed by atoms with Gasteiger partial charge in [-0.05, 0) is 48.7 Å². The number of pyridine rings is 1. The first-order valence-electron chi connectivity index (χ1n) is 13.2. The summed E-state index contributed by atoms with van der Waals surface area (Å²) in [7, 11) is -4.02. The van der Waals surface area contributed by atoms with Gasteiger partial charge in [-0.3, -0.25) is 14.9 Å². The maximum absolute atomic E-state index is 13.5. The van der Waals surface area contributed by atoms with E-state index < -0.39 is 20.6 Å². The number of nitro groups is 1. The van der Waals surface area contributed by atoms with Crippen molar-refractivity contribution in [1.29, 1.82) is 0 Å². The standard InChI is InChI=1S/C29H30N4O7S/c1-2-39-15-14-32-27-17-25(40-24-8-4-3-5-9-24)13-12-21(27)16-22(29(32)34)18-30-23-19-31(20-23)41(37,38)28-11-7-6-10-26(28)33(35)36/h3-13,16-17,23,30H,2,14-15,18-20H2,1H3. The molecule has 1 aromatic heterocycles. The number of benzene rings is 3. The molecule has 0 aliphatic carbocycles. The lowest BCUT2D eigenvalue weighted by Gasteiger charge is -2.38. The highest BCUT2D eigenvalue weighted by Crippen LogP contribution is 2.29. The van der Waals surface area contributed by atoms with Crippen LogP contribution >= 0.6 is 0 Å². The Labute approximate surface area is 237 Å². The van der Waals surface area contributed by atoms with Crippen LogP contribution in [0.15, 0.2) is 88.6 Å². The van der Waals surface area contributed by atoms with Crippen LogP contribution in [0.5, 0.6) is 11.5 Å². The number of nitrogens with zero attached hydrogens (tertiary/aromatic N) is 3. The minimum atomic E-state index is -4.02. The molecule has 214 valence electrons. The molecule has 1 aliphatic heterocycles. The van der Waals surface area contributed by atoms with Crippen molar-refractivity contribution in [1.82, 2.24) is 14.2 Å². The van der Waals surface area contributed by atoms with Crippen LogP contribution in [0.4, 0.5) is 5.69 Å². The summed E-state index contributed by atoms with van der Waals surface area (Å²) in [6, 6.07) is 21.9. The highest BCUT2D eigenvalue weighted by atomic mass is 32.2. The predicted octanol–water partition coefficient (Wildman–Crippen LogP) is 3.90. The Balaban J connectivity index is 1.32. The summed E-state index contributed by atoms with van der Waals surface area (Å²) in [6.07, 6.45) is 0. The number of sulfonamides is 1. The van der Waals surface area contributed by atoms with E-state index in [2.05, 4.69) is 5.32 Å². The van der Waals surface area contributed by atoms with Gasteiger partial charge in [0.1, 0.15) is 11.5 Å². The van der Waals surface area contributed by atoms with Gasteiger partial charge >= 0.3 is 0 Å². The Morgan fingerprint density at radius 2 is 1.73 bits per heavy atom. The van der Waals surface area contributed by atoms with Gasteiger partial charge in [0.2, 0.25) is 10.0 Å². The second kappa shape index (κ2) is 12.2. The number of nitrogens with one attached hydrogen (secondary N) is 1. The summed E-state index contributed by atoms with van der Waals surface area (Å²) in [5.41, 5.74) is 0.623. The van der Waals surface area contributed by atoms with Gasteiger partial charge in [-0.2, -0.15) is 4.31 Å². The molecule has 0 atom stereocenters. The fourth-order valence-corrected chi connectivity index (χ4v) is 6.42. The highest BCUT2D eigenvalue weighted by molar-refractivity contribution is 7.89. The molecule has 4 aromatic rings. The topological polar surface area (TPSA) is 133 Å². The second-order valence-corrected chi connectivity index (χ2v) is 11.5. The third-order valence-electron chi connectivity index (χ3n) is 6.89. The van der Waals surface area contributed by atoms with Crippen molar-refractivity contribution in [2.24, 2.45) is 0 Å². The van der Waals surface area contributed by atoms with Gasteiger partial charge in [0, 0.05) is 56.5 Å². The van der Waals surface area contributed by atoms with Gasteiger partial charge in [-0.1, -0.05) is 30.3 Å². The number of para-hydroxylation sites is 2. The molecule has 1 fully saturated rings. The van der Waals surface area contributed by atoms with Crippen molar-refractivity contribution >= 4 is 26.6 Å². The number of hydrogen-bond donors (Lipinski definition) is 1. The zero-order chi connectivity index (χ0) is 29.0. The molecule has 0 bridgehead atoms. The fourth-order valence-electron chi connectivity index (χ4n) is 4.73. The predicted molar refractivity (Wildman–Crippen MR) is 154 cm³/mol. The van der Waals surface area contributed by atoms with Gasteiger partial charge in [-0.25, -0.2) is 8.42 Å². The maximum Gasteiger partial charge on any atom is 0.289 e. The van der Waals surface area contributed by atoms with Crippen molar-refractivity contribution in [3.8, 4) is 11.5 Å². The van der Waals surface area contributed by atoms with E-state index in [1.807, 2.05) is 61.5 Å². The first-order chi connectivity index (χ1) is 19.8. The molecular formula is C29H30N4O7S. The van der Waals surface area contributed by atoms with Crippen molar-refractivity contribution in [2.75, 3.05) is 26.3 Å². The van der Waals surface area contributed by atoms with Crippen LogP contribution in [0, 0.1) is 10.1 Å². The molecule has 0 unspecified atom stereocenters.